The molecule has 1 rings (SSSR count). The summed E-state index contributed by atoms with van der Waals surface area (Å²) >= 11 is 1.17. The smallest absolute Gasteiger partial charge is 0.368 e. The van der Waals surface area contributed by atoms with Crippen LogP contribution in [-0.2, 0) is 14.2 Å². The third kappa shape index (κ3) is 5.79. The number of halogens is 1. The fraction of sp³-hybridized carbons (Fsp3) is 0.846. The van der Waals surface area contributed by atoms with Crippen molar-refractivity contribution in [3.8, 4) is 0 Å². The fourth-order valence-electron chi connectivity index (χ4n) is 3.02. The van der Waals surface area contributed by atoms with Gasteiger partial charge in [0.15, 0.2) is 5.12 Å². The molecule has 0 amide bonds. The summed E-state index contributed by atoms with van der Waals surface area (Å²) in [4.78, 5) is 40.9. The lowest BCUT2D eigenvalue weighted by Crippen LogP contribution is -3.00. The second-order valence-electron chi connectivity index (χ2n) is 6.29. The van der Waals surface area contributed by atoms with E-state index in [9.17, 15) is 29.0 Å². The molecule has 8 nitrogen and oxygen atoms in total. The lowest BCUT2D eigenvalue weighted by Gasteiger charge is -2.46. The van der Waals surface area contributed by atoms with E-state index in [4.69, 9.17) is 5.11 Å². The van der Waals surface area contributed by atoms with Crippen LogP contribution in [0.2, 0.25) is 0 Å². The van der Waals surface area contributed by atoms with E-state index in [1.54, 1.807) is 0 Å². The number of hydrogen-bond acceptors (Lipinski definition) is 5. The second-order valence-corrected chi connectivity index (χ2v) is 9.39. The average molecular weight is 450 g/mol. The van der Waals surface area contributed by atoms with Crippen molar-refractivity contribution in [3.63, 3.8) is 0 Å². The minimum Gasteiger partial charge on any atom is -1.00 e. The Kier molecular flexibility index (Phi) is 9.13. The van der Waals surface area contributed by atoms with Crippen molar-refractivity contribution in [2.75, 3.05) is 25.9 Å². The summed E-state index contributed by atoms with van der Waals surface area (Å²) in [5.41, 5.74) is 0. The zero-order chi connectivity index (χ0) is 17.9. The molecule has 3 atom stereocenters. The number of quaternary nitrogens is 1. The highest BCUT2D eigenvalue weighted by Crippen LogP contribution is 2.52. The lowest BCUT2D eigenvalue weighted by atomic mass is 9.94. The Morgan fingerprint density at radius 3 is 2.38 bits per heavy atom. The fourth-order valence-corrected chi connectivity index (χ4v) is 4.51. The molecule has 24 heavy (non-hydrogen) atoms. The summed E-state index contributed by atoms with van der Waals surface area (Å²) in [5.74, 6) is -1.36. The highest BCUT2D eigenvalue weighted by Gasteiger charge is 2.56. The first-order chi connectivity index (χ1) is 10.4. The van der Waals surface area contributed by atoms with Crippen molar-refractivity contribution >= 4 is 30.4 Å². The van der Waals surface area contributed by atoms with Crippen molar-refractivity contribution < 1.29 is 55.6 Å². The molecule has 11 heteroatoms. The predicted octanol–water partition coefficient (Wildman–Crippen LogP) is -2.39. The van der Waals surface area contributed by atoms with Gasteiger partial charge in [-0.15, -0.1) is 0 Å². The molecule has 1 aliphatic heterocycles. The van der Waals surface area contributed by atoms with Gasteiger partial charge in [0.05, 0.1) is 38.4 Å². The van der Waals surface area contributed by atoms with Crippen LogP contribution in [0.1, 0.15) is 32.6 Å². The van der Waals surface area contributed by atoms with Crippen LogP contribution < -0.4 is 17.0 Å². The third-order valence-corrected chi connectivity index (χ3v) is 6.72. The first-order valence-corrected chi connectivity index (χ1v) is 10.0. The number of thioether (sulfide) groups is 1. The van der Waals surface area contributed by atoms with Gasteiger partial charge in [-0.3, -0.25) is 9.36 Å². The maximum absolute atomic E-state index is 11.5. The molecule has 1 saturated heterocycles. The zero-order valence-corrected chi connectivity index (χ0v) is 17.0. The molecule has 1 heterocycles. The Hall–Kier alpha value is 0.0400. The van der Waals surface area contributed by atoms with Crippen LogP contribution in [0.5, 0.6) is 0 Å². The summed E-state index contributed by atoms with van der Waals surface area (Å²) in [6.07, 6.45) is 1.80. The minimum atomic E-state index is -5.22. The molecule has 0 spiro atoms. The Morgan fingerprint density at radius 1 is 1.33 bits per heavy atom. The van der Waals surface area contributed by atoms with Gasteiger partial charge in [0.1, 0.15) is 0 Å². The Bertz CT molecular complexity index is 517. The van der Waals surface area contributed by atoms with E-state index >= 15 is 0 Å². The number of hydrogen-bond donors (Lipinski definition) is 4. The monoisotopic (exact) mass is 449 g/mol. The van der Waals surface area contributed by atoms with Crippen molar-refractivity contribution in [3.05, 3.63) is 0 Å². The molecular formula is C13H25BrNO7PS. The van der Waals surface area contributed by atoms with Gasteiger partial charge < -0.3 is 41.5 Å². The summed E-state index contributed by atoms with van der Waals surface area (Å²) < 4.78 is 11.9. The molecule has 1 fully saturated rings. The number of carboxylic acids is 1. The van der Waals surface area contributed by atoms with E-state index in [0.717, 1.165) is 19.4 Å². The highest BCUT2D eigenvalue weighted by atomic mass is 79.9. The van der Waals surface area contributed by atoms with Gasteiger partial charge in [0.2, 0.25) is 0 Å². The molecule has 3 unspecified atom stereocenters. The number of likely N-dealkylation sites (tertiary alicyclic amines) is 1. The molecule has 0 saturated carbocycles. The molecule has 1 aliphatic rings. The maximum Gasteiger partial charge on any atom is 0.368 e. The van der Waals surface area contributed by atoms with Crippen LogP contribution >= 0.6 is 19.4 Å². The number of aliphatic hydroxyl groups is 1. The van der Waals surface area contributed by atoms with E-state index in [-0.39, 0.29) is 28.1 Å². The Balaban J connectivity index is 0.00000529. The summed E-state index contributed by atoms with van der Waals surface area (Å²) in [5, 5.41) is 16.1. The van der Waals surface area contributed by atoms with Crippen molar-refractivity contribution in [1.29, 1.82) is 0 Å². The van der Waals surface area contributed by atoms with E-state index in [1.165, 1.54) is 18.7 Å². The quantitative estimate of drug-likeness (QED) is 0.250. The largest absolute Gasteiger partial charge is 1.00 e. The third-order valence-electron chi connectivity index (χ3n) is 4.59. The van der Waals surface area contributed by atoms with Gasteiger partial charge >= 0.3 is 13.6 Å². The molecule has 0 aliphatic carbocycles. The van der Waals surface area contributed by atoms with Gasteiger partial charge in [0.25, 0.3) is 5.34 Å². The number of carbonyl (C=O) groups is 2. The molecule has 0 aromatic heterocycles. The first-order valence-electron chi connectivity index (χ1n) is 7.41. The van der Waals surface area contributed by atoms with Gasteiger partial charge in [-0.05, 0) is 19.3 Å². The first kappa shape index (κ1) is 24.0. The molecule has 0 radical (unpaired) electrons. The van der Waals surface area contributed by atoms with Gasteiger partial charge in [-0.25, -0.2) is 4.79 Å². The van der Waals surface area contributed by atoms with Crippen molar-refractivity contribution in [1.82, 2.24) is 0 Å². The average Bonchev–Trinajstić information content (AvgIpc) is 2.39. The van der Waals surface area contributed by atoms with Crippen LogP contribution in [0.25, 0.3) is 0 Å². The van der Waals surface area contributed by atoms with Crippen molar-refractivity contribution in [2.24, 2.45) is 0 Å². The standard InChI is InChI=1S/C13H24NO7PS.BrH/c1-10(15)23-8-7-14(2)6-4-3-5-11(14)9-13(18,12(16)17)22(19,20)21;/h11,18H,3-9H2,1-2H3,(H2-,16,17,19,20,21);1H. The van der Waals surface area contributed by atoms with E-state index in [0.29, 0.717) is 23.2 Å². The molecule has 142 valence electrons. The molecular weight excluding hydrogens is 425 g/mol. The number of piperidine rings is 1. The van der Waals surface area contributed by atoms with E-state index < -0.39 is 25.3 Å². The molecule has 4 N–H and O–H groups in total. The number of aliphatic carboxylic acids is 1. The molecule has 0 bridgehead atoms. The van der Waals surface area contributed by atoms with Gasteiger partial charge in [-0.2, -0.15) is 0 Å². The van der Waals surface area contributed by atoms with Crippen LogP contribution in [-0.4, -0.2) is 72.8 Å². The Labute approximate surface area is 156 Å². The number of carbonyl (C=O) groups excluding carboxylic acids is 1. The topological polar surface area (TPSA) is 132 Å². The number of carboxylic acid groups (broad SMARTS) is 1. The van der Waals surface area contributed by atoms with Crippen LogP contribution in [0.15, 0.2) is 0 Å². The number of rotatable bonds is 7. The molecule has 0 aromatic carbocycles. The second kappa shape index (κ2) is 9.12. The van der Waals surface area contributed by atoms with E-state index in [1.807, 2.05) is 7.05 Å². The van der Waals surface area contributed by atoms with Crippen LogP contribution in [0, 0.1) is 0 Å². The summed E-state index contributed by atoms with van der Waals surface area (Å²) in [6, 6.07) is -0.384. The predicted molar refractivity (Wildman–Crippen MR) is 85.9 cm³/mol. The van der Waals surface area contributed by atoms with Gasteiger partial charge in [0, 0.05) is 6.92 Å². The summed E-state index contributed by atoms with van der Waals surface area (Å²) in [6.45, 7) is 2.76. The van der Waals surface area contributed by atoms with E-state index in [2.05, 4.69) is 0 Å². The Morgan fingerprint density at radius 2 is 1.92 bits per heavy atom. The van der Waals surface area contributed by atoms with Crippen LogP contribution in [0.4, 0.5) is 0 Å². The highest BCUT2D eigenvalue weighted by molar-refractivity contribution is 8.13. The SMILES string of the molecule is CC(=O)SCC[N+]1(C)CCCCC1CC(O)(C(=O)O)P(=O)(O)O.[Br-]. The van der Waals surface area contributed by atoms with Crippen LogP contribution in [0.3, 0.4) is 0 Å². The van der Waals surface area contributed by atoms with Crippen molar-refractivity contribution in [2.45, 2.75) is 44.0 Å². The normalized spacial score (nSPS) is 27.0. The lowest BCUT2D eigenvalue weighted by molar-refractivity contribution is -0.936. The number of nitrogens with zero attached hydrogens (tertiary/aromatic N) is 1. The zero-order valence-electron chi connectivity index (χ0n) is 13.7. The summed E-state index contributed by atoms with van der Waals surface area (Å²) in [7, 11) is -3.34. The van der Waals surface area contributed by atoms with Gasteiger partial charge in [-0.1, -0.05) is 11.8 Å². The minimum absolute atomic E-state index is 0. The maximum atomic E-state index is 11.5. The molecule has 0 aromatic rings.